The van der Waals surface area contributed by atoms with E-state index in [1.54, 1.807) is 16.4 Å². The molecule has 0 spiro atoms. The van der Waals surface area contributed by atoms with Crippen molar-refractivity contribution < 1.29 is 8.42 Å². The predicted molar refractivity (Wildman–Crippen MR) is 93.0 cm³/mol. The van der Waals surface area contributed by atoms with Gasteiger partial charge in [-0.25, -0.2) is 8.42 Å². The van der Waals surface area contributed by atoms with Crippen LogP contribution in [0.1, 0.15) is 41.1 Å². The number of hydrogen-bond donors (Lipinski definition) is 0. The lowest BCUT2D eigenvalue weighted by Gasteiger charge is -2.26. The minimum atomic E-state index is -3.46. The fraction of sp³-hybridized carbons (Fsp3) is 0.368. The van der Waals surface area contributed by atoms with Gasteiger partial charge in [-0.05, 0) is 68.0 Å². The van der Waals surface area contributed by atoms with Crippen molar-refractivity contribution in [1.82, 2.24) is 4.31 Å². The molecule has 0 amide bonds. The van der Waals surface area contributed by atoms with Gasteiger partial charge in [0.25, 0.3) is 0 Å². The first-order chi connectivity index (χ1) is 10.9. The molecule has 1 saturated heterocycles. The van der Waals surface area contributed by atoms with Crippen LogP contribution in [0.3, 0.4) is 0 Å². The van der Waals surface area contributed by atoms with Crippen LogP contribution in [0.15, 0.2) is 47.4 Å². The Balaban J connectivity index is 2.01. The summed E-state index contributed by atoms with van der Waals surface area (Å²) in [6.07, 6.45) is 1.79. The molecule has 0 saturated carbocycles. The van der Waals surface area contributed by atoms with E-state index in [4.69, 9.17) is 0 Å². The quantitative estimate of drug-likeness (QED) is 0.849. The molecule has 0 N–H and O–H groups in total. The number of rotatable bonds is 3. The van der Waals surface area contributed by atoms with Gasteiger partial charge < -0.3 is 0 Å². The highest BCUT2D eigenvalue weighted by atomic mass is 32.2. The summed E-state index contributed by atoms with van der Waals surface area (Å²) >= 11 is 0. The summed E-state index contributed by atoms with van der Waals surface area (Å²) in [7, 11) is -3.46. The van der Waals surface area contributed by atoms with Crippen molar-refractivity contribution in [1.29, 1.82) is 0 Å². The van der Waals surface area contributed by atoms with E-state index >= 15 is 0 Å². The van der Waals surface area contributed by atoms with Crippen molar-refractivity contribution in [2.24, 2.45) is 0 Å². The lowest BCUT2D eigenvalue weighted by molar-refractivity contribution is 0.395. The molecule has 0 radical (unpaired) electrons. The molecular formula is C19H23NO2S. The molecule has 1 atom stereocenters. The number of sulfonamides is 1. The van der Waals surface area contributed by atoms with Crippen molar-refractivity contribution in [3.63, 3.8) is 0 Å². The summed E-state index contributed by atoms with van der Waals surface area (Å²) in [4.78, 5) is 0.404. The normalized spacial score (nSPS) is 19.2. The maximum Gasteiger partial charge on any atom is 0.243 e. The molecule has 0 bridgehead atoms. The number of nitrogens with zero attached hydrogens (tertiary/aromatic N) is 1. The summed E-state index contributed by atoms with van der Waals surface area (Å²) in [6.45, 7) is 6.59. The van der Waals surface area contributed by atoms with Crippen LogP contribution in [0.4, 0.5) is 0 Å². The van der Waals surface area contributed by atoms with E-state index in [2.05, 4.69) is 13.0 Å². The summed E-state index contributed by atoms with van der Waals surface area (Å²) in [5.74, 6) is 0. The third-order valence-corrected chi connectivity index (χ3v) is 6.74. The second-order valence-corrected chi connectivity index (χ2v) is 8.27. The molecular weight excluding hydrogens is 306 g/mol. The molecule has 1 heterocycles. The molecule has 23 heavy (non-hydrogen) atoms. The van der Waals surface area contributed by atoms with E-state index in [0.717, 1.165) is 35.1 Å². The minimum absolute atomic E-state index is 0.0530. The molecule has 3 nitrogen and oxygen atoms in total. The molecule has 122 valence electrons. The van der Waals surface area contributed by atoms with Crippen LogP contribution in [0.5, 0.6) is 0 Å². The van der Waals surface area contributed by atoms with E-state index in [9.17, 15) is 8.42 Å². The average molecular weight is 329 g/mol. The lowest BCUT2D eigenvalue weighted by atomic mass is 10.0. The highest BCUT2D eigenvalue weighted by Crippen LogP contribution is 2.37. The van der Waals surface area contributed by atoms with Gasteiger partial charge in [-0.15, -0.1) is 0 Å². The van der Waals surface area contributed by atoms with Gasteiger partial charge in [0.1, 0.15) is 0 Å². The first-order valence-electron chi connectivity index (χ1n) is 8.06. The van der Waals surface area contributed by atoms with Crippen molar-refractivity contribution in [3.8, 4) is 0 Å². The van der Waals surface area contributed by atoms with Crippen LogP contribution >= 0.6 is 0 Å². The van der Waals surface area contributed by atoms with E-state index in [1.807, 2.05) is 38.1 Å². The molecule has 0 aromatic heterocycles. The van der Waals surface area contributed by atoms with Gasteiger partial charge in [0.2, 0.25) is 10.0 Å². The molecule has 4 heteroatoms. The number of hydrogen-bond acceptors (Lipinski definition) is 2. The van der Waals surface area contributed by atoms with Gasteiger partial charge in [-0.3, -0.25) is 0 Å². The zero-order chi connectivity index (χ0) is 16.6. The fourth-order valence-electron chi connectivity index (χ4n) is 3.31. The topological polar surface area (TPSA) is 37.4 Å². The van der Waals surface area contributed by atoms with Gasteiger partial charge >= 0.3 is 0 Å². The molecule has 0 aliphatic carbocycles. The van der Waals surface area contributed by atoms with Crippen LogP contribution < -0.4 is 0 Å². The van der Waals surface area contributed by atoms with Gasteiger partial charge in [0, 0.05) is 6.54 Å². The monoisotopic (exact) mass is 329 g/mol. The summed E-state index contributed by atoms with van der Waals surface area (Å²) in [5.41, 5.74) is 4.40. The molecule has 3 rings (SSSR count). The first kappa shape index (κ1) is 16.2. The zero-order valence-corrected chi connectivity index (χ0v) is 14.7. The summed E-state index contributed by atoms with van der Waals surface area (Å²) < 4.78 is 27.9. The fourth-order valence-corrected chi connectivity index (χ4v) is 5.07. The van der Waals surface area contributed by atoms with Crippen LogP contribution in [-0.2, 0) is 10.0 Å². The highest BCUT2D eigenvalue weighted by Gasteiger charge is 2.36. The van der Waals surface area contributed by atoms with Gasteiger partial charge in [0.05, 0.1) is 10.9 Å². The van der Waals surface area contributed by atoms with Crippen LogP contribution in [0.25, 0.3) is 0 Å². The number of aryl methyl sites for hydroxylation is 3. The van der Waals surface area contributed by atoms with Crippen molar-refractivity contribution in [3.05, 3.63) is 64.7 Å². The zero-order valence-electron chi connectivity index (χ0n) is 13.9. The smallest absolute Gasteiger partial charge is 0.207 e. The van der Waals surface area contributed by atoms with Crippen molar-refractivity contribution >= 4 is 10.0 Å². The second-order valence-electron chi connectivity index (χ2n) is 6.38. The largest absolute Gasteiger partial charge is 0.243 e. The molecule has 1 fully saturated rings. The predicted octanol–water partition coefficient (Wildman–Crippen LogP) is 4.14. The first-order valence-corrected chi connectivity index (χ1v) is 9.50. The Morgan fingerprint density at radius 2 is 1.70 bits per heavy atom. The average Bonchev–Trinajstić information content (AvgIpc) is 3.00. The standard InChI is InChI=1S/C19H23NO2S/c1-14-10-11-17(13-16(14)3)23(21,22)20-12-6-9-19(20)18-8-5-4-7-15(18)2/h4-5,7-8,10-11,13,19H,6,9,12H2,1-3H3. The van der Waals surface area contributed by atoms with Gasteiger partial charge in [0.15, 0.2) is 0 Å². The maximum absolute atomic E-state index is 13.1. The van der Waals surface area contributed by atoms with Crippen molar-refractivity contribution in [2.75, 3.05) is 6.54 Å². The van der Waals surface area contributed by atoms with E-state index in [1.165, 1.54) is 0 Å². The Hall–Kier alpha value is -1.65. The Bertz CT molecular complexity index is 827. The summed E-state index contributed by atoms with van der Waals surface area (Å²) in [5, 5.41) is 0. The maximum atomic E-state index is 13.1. The van der Waals surface area contributed by atoms with Crippen LogP contribution in [0.2, 0.25) is 0 Å². The third-order valence-electron chi connectivity index (χ3n) is 4.84. The van der Waals surface area contributed by atoms with E-state index in [-0.39, 0.29) is 6.04 Å². The molecule has 1 aliphatic rings. The highest BCUT2D eigenvalue weighted by molar-refractivity contribution is 7.89. The molecule has 2 aromatic rings. The SMILES string of the molecule is Cc1ccc(S(=O)(=O)N2CCCC2c2ccccc2C)cc1C. The van der Waals surface area contributed by atoms with Crippen molar-refractivity contribution in [2.45, 2.75) is 44.6 Å². The Kier molecular flexibility index (Phi) is 4.30. The summed E-state index contributed by atoms with van der Waals surface area (Å²) in [6, 6.07) is 13.4. The van der Waals surface area contributed by atoms with Gasteiger partial charge in [-0.1, -0.05) is 30.3 Å². The van der Waals surface area contributed by atoms with E-state index in [0.29, 0.717) is 11.4 Å². The molecule has 2 aromatic carbocycles. The number of benzene rings is 2. The Labute approximate surface area is 139 Å². The van der Waals surface area contributed by atoms with Crippen LogP contribution in [-0.4, -0.2) is 19.3 Å². The lowest BCUT2D eigenvalue weighted by Crippen LogP contribution is -2.31. The van der Waals surface area contributed by atoms with Gasteiger partial charge in [-0.2, -0.15) is 4.31 Å². The second kappa shape index (κ2) is 6.10. The van der Waals surface area contributed by atoms with E-state index < -0.39 is 10.0 Å². The molecule has 1 aliphatic heterocycles. The third kappa shape index (κ3) is 2.93. The minimum Gasteiger partial charge on any atom is -0.207 e. The molecule has 1 unspecified atom stereocenters. The Morgan fingerprint density at radius 3 is 2.39 bits per heavy atom. The Morgan fingerprint density at radius 1 is 0.957 bits per heavy atom. The van der Waals surface area contributed by atoms with Crippen LogP contribution in [0, 0.1) is 20.8 Å².